The largest absolute Gasteiger partial charge is 0.491 e. The van der Waals surface area contributed by atoms with E-state index in [0.717, 1.165) is 25.3 Å². The molecule has 1 saturated heterocycles. The third kappa shape index (κ3) is 6.59. The van der Waals surface area contributed by atoms with Crippen LogP contribution >= 0.6 is 0 Å². The lowest BCUT2D eigenvalue weighted by Gasteiger charge is -2.22. The van der Waals surface area contributed by atoms with Gasteiger partial charge in [0.2, 0.25) is 0 Å². The molecule has 0 N–H and O–H groups in total. The average Bonchev–Trinajstić information content (AvgIpc) is 2.63. The van der Waals surface area contributed by atoms with Crippen molar-refractivity contribution in [3.63, 3.8) is 0 Å². The standard InChI is InChI=1S/C17H20F3N3O3/c18-17(19,20)14(12-22-23-21)11-13-5-1-2-6-15(13)24-9-10-26-16-7-3-4-8-25-16/h1-2,5-6,11,16H,3-4,7-10,12H2. The van der Waals surface area contributed by atoms with Crippen LogP contribution in [0, 0.1) is 0 Å². The number of hydrogen-bond donors (Lipinski definition) is 0. The molecule has 1 aromatic rings. The van der Waals surface area contributed by atoms with Crippen molar-refractivity contribution in [1.29, 1.82) is 0 Å². The lowest BCUT2D eigenvalue weighted by atomic mass is 10.1. The van der Waals surface area contributed by atoms with E-state index in [1.807, 2.05) is 0 Å². The summed E-state index contributed by atoms with van der Waals surface area (Å²) in [5, 5.41) is 3.01. The van der Waals surface area contributed by atoms with Crippen LogP contribution in [0.4, 0.5) is 13.2 Å². The van der Waals surface area contributed by atoms with Crippen LogP contribution in [0.15, 0.2) is 35.0 Å². The first-order valence-corrected chi connectivity index (χ1v) is 8.24. The average molecular weight is 371 g/mol. The van der Waals surface area contributed by atoms with Gasteiger partial charge in [-0.3, -0.25) is 0 Å². The molecule has 0 aliphatic carbocycles. The number of alkyl halides is 3. The van der Waals surface area contributed by atoms with Crippen LogP contribution in [-0.4, -0.2) is 38.8 Å². The summed E-state index contributed by atoms with van der Waals surface area (Å²) < 4.78 is 55.7. The summed E-state index contributed by atoms with van der Waals surface area (Å²) >= 11 is 0. The van der Waals surface area contributed by atoms with Gasteiger partial charge in [-0.25, -0.2) is 0 Å². The molecule has 0 aromatic heterocycles. The molecule has 26 heavy (non-hydrogen) atoms. The third-order valence-corrected chi connectivity index (χ3v) is 3.70. The first-order chi connectivity index (χ1) is 12.5. The van der Waals surface area contributed by atoms with Gasteiger partial charge in [-0.1, -0.05) is 23.3 Å². The fourth-order valence-electron chi connectivity index (χ4n) is 2.42. The van der Waals surface area contributed by atoms with Crippen molar-refractivity contribution in [3.05, 3.63) is 45.8 Å². The zero-order valence-corrected chi connectivity index (χ0v) is 14.1. The van der Waals surface area contributed by atoms with Gasteiger partial charge in [0.15, 0.2) is 6.29 Å². The van der Waals surface area contributed by atoms with Crippen LogP contribution in [0.2, 0.25) is 0 Å². The minimum atomic E-state index is -4.59. The third-order valence-electron chi connectivity index (χ3n) is 3.70. The van der Waals surface area contributed by atoms with Gasteiger partial charge < -0.3 is 14.2 Å². The zero-order chi connectivity index (χ0) is 18.8. The Morgan fingerprint density at radius 3 is 2.81 bits per heavy atom. The van der Waals surface area contributed by atoms with Crippen molar-refractivity contribution in [1.82, 2.24) is 0 Å². The predicted molar refractivity (Wildman–Crippen MR) is 89.5 cm³/mol. The van der Waals surface area contributed by atoms with Gasteiger partial charge in [-0.05, 0) is 36.9 Å². The van der Waals surface area contributed by atoms with Crippen molar-refractivity contribution in [2.75, 3.05) is 26.4 Å². The Morgan fingerprint density at radius 2 is 2.12 bits per heavy atom. The van der Waals surface area contributed by atoms with Crippen LogP contribution in [0.25, 0.3) is 16.5 Å². The first-order valence-electron chi connectivity index (χ1n) is 8.24. The molecule has 0 spiro atoms. The van der Waals surface area contributed by atoms with Gasteiger partial charge in [0.05, 0.1) is 13.2 Å². The molecule has 1 atom stereocenters. The minimum absolute atomic E-state index is 0.183. The summed E-state index contributed by atoms with van der Waals surface area (Å²) in [6, 6.07) is 6.35. The lowest BCUT2D eigenvalue weighted by molar-refractivity contribution is -0.165. The van der Waals surface area contributed by atoms with E-state index in [1.165, 1.54) is 6.07 Å². The Hall–Kier alpha value is -2.22. The fraction of sp³-hybridized carbons (Fsp3) is 0.529. The summed E-state index contributed by atoms with van der Waals surface area (Å²) in [7, 11) is 0. The van der Waals surface area contributed by atoms with E-state index in [2.05, 4.69) is 10.0 Å². The van der Waals surface area contributed by atoms with E-state index in [4.69, 9.17) is 19.7 Å². The molecule has 142 valence electrons. The highest BCUT2D eigenvalue weighted by atomic mass is 19.4. The Kier molecular flexibility index (Phi) is 7.77. The van der Waals surface area contributed by atoms with Crippen LogP contribution in [0.3, 0.4) is 0 Å². The van der Waals surface area contributed by atoms with E-state index < -0.39 is 18.3 Å². The summed E-state index contributed by atoms with van der Waals surface area (Å²) in [5.41, 5.74) is 7.57. The van der Waals surface area contributed by atoms with Crippen LogP contribution in [0.1, 0.15) is 24.8 Å². The molecule has 1 heterocycles. The number of rotatable bonds is 8. The van der Waals surface area contributed by atoms with Crippen molar-refractivity contribution in [2.24, 2.45) is 5.11 Å². The van der Waals surface area contributed by atoms with Crippen LogP contribution in [0.5, 0.6) is 5.75 Å². The molecule has 2 rings (SSSR count). The number of benzene rings is 1. The smallest absolute Gasteiger partial charge is 0.412 e. The Bertz CT molecular complexity index is 652. The van der Waals surface area contributed by atoms with Crippen LogP contribution < -0.4 is 4.74 Å². The molecule has 1 aliphatic heterocycles. The second kappa shape index (κ2) is 10.1. The quantitative estimate of drug-likeness (QED) is 0.283. The van der Waals surface area contributed by atoms with Crippen molar-refractivity contribution in [2.45, 2.75) is 31.7 Å². The van der Waals surface area contributed by atoms with Gasteiger partial charge in [0.25, 0.3) is 0 Å². The maximum absolute atomic E-state index is 13.0. The van der Waals surface area contributed by atoms with Gasteiger partial charge in [-0.2, -0.15) is 13.2 Å². The number of hydrogen-bond acceptors (Lipinski definition) is 4. The number of ether oxygens (including phenoxy) is 3. The van der Waals surface area contributed by atoms with Gasteiger partial charge >= 0.3 is 6.18 Å². The molecule has 0 amide bonds. The molecule has 0 saturated carbocycles. The lowest BCUT2D eigenvalue weighted by Crippen LogP contribution is -2.24. The maximum Gasteiger partial charge on any atom is 0.412 e. The topological polar surface area (TPSA) is 76.5 Å². The fourth-order valence-corrected chi connectivity index (χ4v) is 2.42. The number of halogens is 3. The highest BCUT2D eigenvalue weighted by Crippen LogP contribution is 2.30. The van der Waals surface area contributed by atoms with Gasteiger partial charge in [-0.15, -0.1) is 0 Å². The van der Waals surface area contributed by atoms with Gasteiger partial charge in [0.1, 0.15) is 12.4 Å². The monoisotopic (exact) mass is 371 g/mol. The first kappa shape index (κ1) is 20.1. The molecule has 1 aliphatic rings. The van der Waals surface area contributed by atoms with Crippen LogP contribution in [-0.2, 0) is 9.47 Å². The van der Waals surface area contributed by atoms with E-state index >= 15 is 0 Å². The maximum atomic E-state index is 13.0. The Morgan fingerprint density at radius 1 is 1.31 bits per heavy atom. The number of azide groups is 1. The summed E-state index contributed by atoms with van der Waals surface area (Å²) in [6.07, 6.45) is -1.02. The second-order valence-electron chi connectivity index (χ2n) is 5.61. The SMILES string of the molecule is [N-]=[N+]=NCC(=Cc1ccccc1OCCOC1CCCCO1)C(F)(F)F. The molecule has 0 bridgehead atoms. The summed E-state index contributed by atoms with van der Waals surface area (Å²) in [5.74, 6) is 0.295. The molecular formula is C17H20F3N3O3. The molecule has 0 radical (unpaired) electrons. The Balaban J connectivity index is 1.99. The summed E-state index contributed by atoms with van der Waals surface area (Å²) in [6.45, 7) is 0.344. The Labute approximate surface area is 149 Å². The van der Waals surface area contributed by atoms with E-state index in [1.54, 1.807) is 18.2 Å². The molecule has 1 fully saturated rings. The van der Waals surface area contributed by atoms with Crippen molar-refractivity contribution in [3.8, 4) is 5.75 Å². The number of para-hydroxylation sites is 1. The normalized spacial score (nSPS) is 18.3. The van der Waals surface area contributed by atoms with E-state index in [0.29, 0.717) is 12.4 Å². The van der Waals surface area contributed by atoms with Gasteiger partial charge in [0, 0.05) is 22.7 Å². The predicted octanol–water partition coefficient (Wildman–Crippen LogP) is 4.86. The summed E-state index contributed by atoms with van der Waals surface area (Å²) in [4.78, 5) is 2.38. The second-order valence-corrected chi connectivity index (χ2v) is 5.61. The highest BCUT2D eigenvalue weighted by Gasteiger charge is 2.33. The van der Waals surface area contributed by atoms with E-state index in [9.17, 15) is 13.2 Å². The minimum Gasteiger partial charge on any atom is -0.491 e. The molecule has 6 nitrogen and oxygen atoms in total. The zero-order valence-electron chi connectivity index (χ0n) is 14.1. The van der Waals surface area contributed by atoms with E-state index in [-0.39, 0.29) is 25.1 Å². The molecule has 1 aromatic carbocycles. The molecule has 9 heteroatoms. The molecular weight excluding hydrogens is 351 g/mol. The van der Waals surface area contributed by atoms with Crippen molar-refractivity contribution < 1.29 is 27.4 Å². The molecule has 1 unspecified atom stereocenters. The van der Waals surface area contributed by atoms with Crippen molar-refractivity contribution >= 4 is 6.08 Å². The number of nitrogens with zero attached hydrogens (tertiary/aromatic N) is 3. The highest BCUT2D eigenvalue weighted by molar-refractivity contribution is 5.61.